The summed E-state index contributed by atoms with van der Waals surface area (Å²) in [4.78, 5) is 25.5. The summed E-state index contributed by atoms with van der Waals surface area (Å²) in [5, 5.41) is 2.68. The van der Waals surface area contributed by atoms with Crippen molar-refractivity contribution >= 4 is 11.8 Å². The fourth-order valence-corrected chi connectivity index (χ4v) is 2.81. The van der Waals surface area contributed by atoms with E-state index in [-0.39, 0.29) is 17.7 Å². The highest BCUT2D eigenvalue weighted by Crippen LogP contribution is 2.26. The Hall–Kier alpha value is -1.88. The summed E-state index contributed by atoms with van der Waals surface area (Å²) in [6, 6.07) is 9.16. The van der Waals surface area contributed by atoms with Crippen molar-refractivity contribution in [2.45, 2.75) is 18.9 Å². The van der Waals surface area contributed by atoms with Crippen LogP contribution in [0.3, 0.4) is 0 Å². The molecular weight excluding hydrogens is 254 g/mol. The minimum atomic E-state index is -0.401. The van der Waals surface area contributed by atoms with Crippen molar-refractivity contribution in [2.75, 3.05) is 20.1 Å². The lowest BCUT2D eigenvalue weighted by Gasteiger charge is -2.35. The molecule has 2 amide bonds. The van der Waals surface area contributed by atoms with E-state index in [0.29, 0.717) is 13.1 Å². The van der Waals surface area contributed by atoms with E-state index in [9.17, 15) is 9.59 Å². The average Bonchev–Trinajstić information content (AvgIpc) is 2.48. The van der Waals surface area contributed by atoms with E-state index in [1.165, 1.54) is 0 Å². The molecule has 0 spiro atoms. The fraction of sp³-hybridized carbons (Fsp3) is 0.467. The normalized spacial score (nSPS) is 18.4. The van der Waals surface area contributed by atoms with Gasteiger partial charge in [0.05, 0.1) is 0 Å². The van der Waals surface area contributed by atoms with Crippen molar-refractivity contribution < 1.29 is 9.59 Å². The monoisotopic (exact) mass is 275 g/mol. The van der Waals surface area contributed by atoms with E-state index in [4.69, 9.17) is 5.73 Å². The van der Waals surface area contributed by atoms with Crippen LogP contribution in [0.4, 0.5) is 0 Å². The van der Waals surface area contributed by atoms with E-state index in [0.717, 1.165) is 18.4 Å². The van der Waals surface area contributed by atoms with E-state index >= 15 is 0 Å². The highest BCUT2D eigenvalue weighted by molar-refractivity contribution is 5.81. The van der Waals surface area contributed by atoms with Gasteiger partial charge in [-0.15, -0.1) is 0 Å². The summed E-state index contributed by atoms with van der Waals surface area (Å²) in [7, 11) is 1.66. The van der Waals surface area contributed by atoms with E-state index < -0.39 is 6.04 Å². The number of rotatable bonds is 4. The minimum Gasteiger partial charge on any atom is -0.368 e. The number of carbonyl (C=O) groups is 2. The van der Waals surface area contributed by atoms with Crippen LogP contribution in [0.1, 0.15) is 24.4 Å². The number of nitrogens with two attached hydrogens (primary N) is 1. The summed E-state index contributed by atoms with van der Waals surface area (Å²) in [6.07, 6.45) is 1.52. The molecule has 3 N–H and O–H groups in total. The molecule has 1 aliphatic heterocycles. The first-order valence-electron chi connectivity index (χ1n) is 6.93. The van der Waals surface area contributed by atoms with Gasteiger partial charge in [-0.05, 0) is 31.5 Å². The predicted molar refractivity (Wildman–Crippen MR) is 76.7 cm³/mol. The van der Waals surface area contributed by atoms with Crippen LogP contribution < -0.4 is 11.1 Å². The Kier molecular flexibility index (Phi) is 4.74. The van der Waals surface area contributed by atoms with Gasteiger partial charge in [0.25, 0.3) is 0 Å². The molecule has 0 aromatic heterocycles. The number of nitrogens with zero attached hydrogens (tertiary/aromatic N) is 1. The second kappa shape index (κ2) is 6.52. The SMILES string of the molecule is CNC(=O)C1CCN([C@H](C(N)=O)c2ccccc2)CC1. The Morgan fingerprint density at radius 2 is 1.85 bits per heavy atom. The lowest BCUT2D eigenvalue weighted by atomic mass is 9.93. The first-order chi connectivity index (χ1) is 9.63. The Labute approximate surface area is 119 Å². The van der Waals surface area contributed by atoms with Crippen LogP contribution in [0.15, 0.2) is 30.3 Å². The van der Waals surface area contributed by atoms with Crippen LogP contribution in [0.25, 0.3) is 0 Å². The molecule has 20 heavy (non-hydrogen) atoms. The molecule has 1 saturated heterocycles. The van der Waals surface area contributed by atoms with Crippen molar-refractivity contribution in [3.63, 3.8) is 0 Å². The second-order valence-electron chi connectivity index (χ2n) is 5.14. The quantitative estimate of drug-likeness (QED) is 0.848. The van der Waals surface area contributed by atoms with Gasteiger partial charge in [0.2, 0.25) is 11.8 Å². The van der Waals surface area contributed by atoms with Crippen LogP contribution in [-0.4, -0.2) is 36.9 Å². The topological polar surface area (TPSA) is 75.4 Å². The molecule has 2 rings (SSSR count). The number of amides is 2. The van der Waals surface area contributed by atoms with Crippen LogP contribution in [-0.2, 0) is 9.59 Å². The maximum atomic E-state index is 11.8. The van der Waals surface area contributed by atoms with Crippen LogP contribution in [0, 0.1) is 5.92 Å². The highest BCUT2D eigenvalue weighted by Gasteiger charge is 2.31. The molecule has 5 nitrogen and oxygen atoms in total. The average molecular weight is 275 g/mol. The predicted octanol–water partition coefficient (Wildman–Crippen LogP) is 0.671. The van der Waals surface area contributed by atoms with Crippen molar-refractivity contribution in [3.8, 4) is 0 Å². The third-order valence-electron chi connectivity index (χ3n) is 3.90. The maximum absolute atomic E-state index is 11.8. The molecular formula is C15H21N3O2. The van der Waals surface area contributed by atoms with Gasteiger partial charge in [0, 0.05) is 13.0 Å². The summed E-state index contributed by atoms with van der Waals surface area (Å²) < 4.78 is 0. The Bertz CT molecular complexity index is 467. The third kappa shape index (κ3) is 3.17. The third-order valence-corrected chi connectivity index (χ3v) is 3.90. The summed E-state index contributed by atoms with van der Waals surface area (Å²) in [6.45, 7) is 1.42. The molecule has 1 aliphatic rings. The van der Waals surface area contributed by atoms with Crippen molar-refractivity contribution in [2.24, 2.45) is 11.7 Å². The van der Waals surface area contributed by atoms with Crippen molar-refractivity contribution in [1.82, 2.24) is 10.2 Å². The van der Waals surface area contributed by atoms with E-state index in [1.807, 2.05) is 30.3 Å². The standard InChI is InChI=1S/C15H21N3O2/c1-17-15(20)12-7-9-18(10-8-12)13(14(16)19)11-5-3-2-4-6-11/h2-6,12-13H,7-10H2,1H3,(H2,16,19)(H,17,20)/t13-/m0/s1. The van der Waals surface area contributed by atoms with Crippen LogP contribution >= 0.6 is 0 Å². The zero-order valence-electron chi connectivity index (χ0n) is 11.7. The number of benzene rings is 1. The van der Waals surface area contributed by atoms with Gasteiger partial charge < -0.3 is 11.1 Å². The molecule has 1 atom stereocenters. The summed E-state index contributed by atoms with van der Waals surface area (Å²) in [5.41, 5.74) is 6.48. The zero-order valence-corrected chi connectivity index (χ0v) is 11.7. The first kappa shape index (κ1) is 14.5. The molecule has 0 bridgehead atoms. The maximum Gasteiger partial charge on any atom is 0.239 e. The molecule has 0 aliphatic carbocycles. The highest BCUT2D eigenvalue weighted by atomic mass is 16.2. The van der Waals surface area contributed by atoms with E-state index in [2.05, 4.69) is 10.2 Å². The number of carbonyl (C=O) groups excluding carboxylic acids is 2. The number of hydrogen-bond acceptors (Lipinski definition) is 3. The number of piperidine rings is 1. The Morgan fingerprint density at radius 1 is 1.25 bits per heavy atom. The van der Waals surface area contributed by atoms with Gasteiger partial charge >= 0.3 is 0 Å². The Balaban J connectivity index is 2.06. The number of hydrogen-bond donors (Lipinski definition) is 2. The molecule has 5 heteroatoms. The molecule has 1 heterocycles. The fourth-order valence-electron chi connectivity index (χ4n) is 2.81. The van der Waals surface area contributed by atoms with Crippen molar-refractivity contribution in [3.05, 3.63) is 35.9 Å². The van der Waals surface area contributed by atoms with Gasteiger partial charge in [-0.2, -0.15) is 0 Å². The molecule has 1 fully saturated rings. The molecule has 1 aromatic rings. The van der Waals surface area contributed by atoms with Gasteiger partial charge in [-0.3, -0.25) is 14.5 Å². The molecule has 0 unspecified atom stereocenters. The molecule has 0 radical (unpaired) electrons. The zero-order chi connectivity index (χ0) is 14.5. The lowest BCUT2D eigenvalue weighted by Crippen LogP contribution is -2.45. The second-order valence-corrected chi connectivity index (χ2v) is 5.14. The summed E-state index contributed by atoms with van der Waals surface area (Å²) >= 11 is 0. The lowest BCUT2D eigenvalue weighted by molar-refractivity contribution is -0.127. The molecule has 1 aromatic carbocycles. The van der Waals surface area contributed by atoms with Crippen LogP contribution in [0.5, 0.6) is 0 Å². The summed E-state index contributed by atoms with van der Waals surface area (Å²) in [5.74, 6) is -0.213. The number of primary amides is 1. The van der Waals surface area contributed by atoms with Crippen molar-refractivity contribution in [1.29, 1.82) is 0 Å². The minimum absolute atomic E-state index is 0.0422. The first-order valence-corrected chi connectivity index (χ1v) is 6.93. The smallest absolute Gasteiger partial charge is 0.239 e. The largest absolute Gasteiger partial charge is 0.368 e. The van der Waals surface area contributed by atoms with Gasteiger partial charge in [-0.25, -0.2) is 0 Å². The van der Waals surface area contributed by atoms with Gasteiger partial charge in [0.15, 0.2) is 0 Å². The molecule has 0 saturated carbocycles. The number of likely N-dealkylation sites (tertiary alicyclic amines) is 1. The molecule has 108 valence electrons. The van der Waals surface area contributed by atoms with Gasteiger partial charge in [0.1, 0.15) is 6.04 Å². The van der Waals surface area contributed by atoms with Gasteiger partial charge in [-0.1, -0.05) is 30.3 Å². The number of nitrogens with one attached hydrogen (secondary N) is 1. The van der Waals surface area contributed by atoms with Crippen LogP contribution in [0.2, 0.25) is 0 Å². The Morgan fingerprint density at radius 3 is 2.35 bits per heavy atom. The van der Waals surface area contributed by atoms with E-state index in [1.54, 1.807) is 7.05 Å².